The second-order valence-electron chi connectivity index (χ2n) is 9.53. The van der Waals surface area contributed by atoms with Crippen molar-refractivity contribution < 1.29 is 37.7 Å². The van der Waals surface area contributed by atoms with Crippen LogP contribution in [0, 0.1) is 0 Å². The van der Waals surface area contributed by atoms with Gasteiger partial charge in [0.05, 0.1) is 5.56 Å². The fourth-order valence-electron chi connectivity index (χ4n) is 4.32. The summed E-state index contributed by atoms with van der Waals surface area (Å²) >= 11 is 0. The lowest BCUT2D eigenvalue weighted by atomic mass is 10.2. The van der Waals surface area contributed by atoms with Crippen molar-refractivity contribution in [1.82, 2.24) is 19.7 Å². The summed E-state index contributed by atoms with van der Waals surface area (Å²) in [6, 6.07) is 19.9. The van der Waals surface area contributed by atoms with E-state index >= 15 is 0 Å². The minimum absolute atomic E-state index is 0.0394. The Morgan fingerprint density at radius 3 is 2.31 bits per heavy atom. The van der Waals surface area contributed by atoms with E-state index in [1.807, 2.05) is 35.2 Å². The number of aromatic hydroxyl groups is 1. The number of halogens is 3. The van der Waals surface area contributed by atoms with Gasteiger partial charge in [0.1, 0.15) is 30.0 Å². The second-order valence-corrected chi connectivity index (χ2v) is 9.53. The first kappa shape index (κ1) is 30.3. The summed E-state index contributed by atoms with van der Waals surface area (Å²) in [7, 11) is 1.24. The number of aromatic nitrogens is 3. The van der Waals surface area contributed by atoms with E-state index in [4.69, 9.17) is 15.2 Å². The maximum absolute atomic E-state index is 13.1. The van der Waals surface area contributed by atoms with Gasteiger partial charge in [-0.3, -0.25) is 9.69 Å². The topological polar surface area (TPSA) is 136 Å². The van der Waals surface area contributed by atoms with Crippen molar-refractivity contribution in [2.45, 2.75) is 32.0 Å². The van der Waals surface area contributed by atoms with E-state index in [9.17, 15) is 28.2 Å². The predicted octanol–water partition coefficient (Wildman–Crippen LogP) is 3.97. The maximum Gasteiger partial charge on any atom is 0.451 e. The molecule has 0 aliphatic heterocycles. The molecule has 4 aromatic rings. The van der Waals surface area contributed by atoms with E-state index in [2.05, 4.69) is 10.2 Å². The summed E-state index contributed by atoms with van der Waals surface area (Å²) in [6.07, 6.45) is -6.43. The molecule has 0 saturated heterocycles. The van der Waals surface area contributed by atoms with Gasteiger partial charge < -0.3 is 30.0 Å². The number of hydrogen-bond acceptors (Lipinski definition) is 8. The van der Waals surface area contributed by atoms with E-state index < -0.39 is 30.2 Å². The van der Waals surface area contributed by atoms with Crippen molar-refractivity contribution in [3.63, 3.8) is 0 Å². The van der Waals surface area contributed by atoms with Crippen molar-refractivity contribution in [2.75, 3.05) is 13.2 Å². The molecule has 10 nitrogen and oxygen atoms in total. The number of amides is 1. The minimum atomic E-state index is -4.63. The molecule has 0 radical (unpaired) electrons. The highest BCUT2D eigenvalue weighted by Crippen LogP contribution is 2.31. The average molecular weight is 586 g/mol. The van der Waals surface area contributed by atoms with Crippen LogP contribution in [0.5, 0.6) is 17.2 Å². The highest BCUT2D eigenvalue weighted by molar-refractivity contribution is 5.95. The quantitative estimate of drug-likeness (QED) is 0.213. The SMILES string of the molecule is CC(O)C(Oc1ccc(-c2nnc(C(F)(F)F)n2C)cc1)N(CCOc1ccc(O)c(C(N)=O)c1)Cc1ccccc1. The number of aliphatic hydroxyl groups excluding tert-OH is 1. The molecule has 1 amide bonds. The van der Waals surface area contributed by atoms with Gasteiger partial charge in [0, 0.05) is 25.7 Å². The van der Waals surface area contributed by atoms with Gasteiger partial charge in [-0.15, -0.1) is 10.2 Å². The monoisotopic (exact) mass is 585 g/mol. The number of carbonyl (C=O) groups excluding carboxylic acids is 1. The van der Waals surface area contributed by atoms with Gasteiger partial charge in [0.15, 0.2) is 12.1 Å². The lowest BCUT2D eigenvalue weighted by Crippen LogP contribution is -2.47. The van der Waals surface area contributed by atoms with Gasteiger partial charge in [0.2, 0.25) is 5.82 Å². The molecule has 0 aliphatic carbocycles. The molecule has 2 unspecified atom stereocenters. The van der Waals surface area contributed by atoms with Crippen LogP contribution in [-0.4, -0.2) is 61.3 Å². The van der Waals surface area contributed by atoms with Crippen molar-refractivity contribution in [3.05, 3.63) is 89.7 Å². The Balaban J connectivity index is 1.52. The van der Waals surface area contributed by atoms with Crippen LogP contribution in [0.2, 0.25) is 0 Å². The smallest absolute Gasteiger partial charge is 0.451 e. The fourth-order valence-corrected chi connectivity index (χ4v) is 4.32. The third kappa shape index (κ3) is 7.36. The van der Waals surface area contributed by atoms with Crippen LogP contribution in [0.3, 0.4) is 0 Å². The molecule has 0 fully saturated rings. The van der Waals surface area contributed by atoms with Crippen molar-refractivity contribution in [1.29, 1.82) is 0 Å². The fraction of sp³-hybridized carbons (Fsp3) is 0.276. The van der Waals surface area contributed by atoms with E-state index in [0.717, 1.165) is 10.1 Å². The number of rotatable bonds is 12. The van der Waals surface area contributed by atoms with E-state index in [0.29, 0.717) is 23.6 Å². The van der Waals surface area contributed by atoms with Crippen LogP contribution < -0.4 is 15.2 Å². The maximum atomic E-state index is 13.1. The molecule has 4 rings (SSSR count). The predicted molar refractivity (Wildman–Crippen MR) is 147 cm³/mol. The molecule has 3 aromatic carbocycles. The highest BCUT2D eigenvalue weighted by Gasteiger charge is 2.37. The number of nitrogens with two attached hydrogens (primary N) is 1. The molecule has 0 aliphatic rings. The summed E-state index contributed by atoms with van der Waals surface area (Å²) in [5.41, 5.74) is 6.58. The lowest BCUT2D eigenvalue weighted by molar-refractivity contribution is -0.146. The van der Waals surface area contributed by atoms with Crippen LogP contribution in [-0.2, 0) is 19.8 Å². The number of carbonyl (C=O) groups is 1. The van der Waals surface area contributed by atoms with Crippen molar-refractivity contribution in [3.8, 4) is 28.6 Å². The van der Waals surface area contributed by atoms with Gasteiger partial charge in [-0.25, -0.2) is 0 Å². The molecule has 42 heavy (non-hydrogen) atoms. The molecule has 4 N–H and O–H groups in total. The van der Waals surface area contributed by atoms with Gasteiger partial charge in [-0.2, -0.15) is 13.2 Å². The average Bonchev–Trinajstić information content (AvgIpc) is 3.34. The number of aliphatic hydroxyl groups is 1. The Hall–Kier alpha value is -4.62. The number of alkyl halides is 3. The summed E-state index contributed by atoms with van der Waals surface area (Å²) in [5.74, 6) is -1.43. The molecule has 2 atom stereocenters. The molecular formula is C29H30F3N5O5. The summed E-state index contributed by atoms with van der Waals surface area (Å²) < 4.78 is 52.2. The third-order valence-electron chi connectivity index (χ3n) is 6.38. The third-order valence-corrected chi connectivity index (χ3v) is 6.38. The highest BCUT2D eigenvalue weighted by atomic mass is 19.4. The molecular weight excluding hydrogens is 555 g/mol. The van der Waals surface area contributed by atoms with Crippen LogP contribution >= 0.6 is 0 Å². The Kier molecular flexibility index (Phi) is 9.33. The standard InChI is InChI=1S/C29H30F3N5O5/c1-18(38)27(42-21-10-8-20(9-11-21)26-34-35-28(36(26)2)29(30,31)32)37(17-19-6-4-3-5-7-19)14-15-41-22-12-13-24(39)23(16-22)25(33)40/h3-13,16,18,27,38-39H,14-15,17H2,1-2H3,(H2,33,40). The minimum Gasteiger partial charge on any atom is -0.507 e. The number of benzene rings is 3. The second kappa shape index (κ2) is 12.9. The first-order chi connectivity index (χ1) is 19.9. The number of ether oxygens (including phenoxy) is 2. The molecule has 1 aromatic heterocycles. The molecule has 13 heteroatoms. The summed E-state index contributed by atoms with van der Waals surface area (Å²) in [6.45, 7) is 2.39. The zero-order chi connectivity index (χ0) is 30.4. The van der Waals surface area contributed by atoms with Crippen molar-refractivity contribution in [2.24, 2.45) is 12.8 Å². The van der Waals surface area contributed by atoms with Crippen LogP contribution in [0.15, 0.2) is 72.8 Å². The number of phenols is 1. The molecule has 0 saturated carbocycles. The van der Waals surface area contributed by atoms with Gasteiger partial charge in [0.25, 0.3) is 5.91 Å². The van der Waals surface area contributed by atoms with Crippen LogP contribution in [0.1, 0.15) is 28.7 Å². The Morgan fingerprint density at radius 2 is 1.71 bits per heavy atom. The first-order valence-electron chi connectivity index (χ1n) is 12.9. The van der Waals surface area contributed by atoms with Crippen molar-refractivity contribution >= 4 is 5.91 Å². The van der Waals surface area contributed by atoms with Gasteiger partial charge >= 0.3 is 6.18 Å². The number of nitrogens with zero attached hydrogens (tertiary/aromatic N) is 4. The largest absolute Gasteiger partial charge is 0.507 e. The Morgan fingerprint density at radius 1 is 1.05 bits per heavy atom. The van der Waals surface area contributed by atoms with Crippen LogP contribution in [0.4, 0.5) is 13.2 Å². The Labute approximate surface area is 239 Å². The first-order valence-corrected chi connectivity index (χ1v) is 12.9. The number of primary amides is 1. The van der Waals surface area contributed by atoms with E-state index in [-0.39, 0.29) is 30.3 Å². The normalized spacial score (nSPS) is 13.1. The lowest BCUT2D eigenvalue weighted by Gasteiger charge is -2.33. The van der Waals surface area contributed by atoms with Crippen LogP contribution in [0.25, 0.3) is 11.4 Å². The van der Waals surface area contributed by atoms with Gasteiger partial charge in [-0.1, -0.05) is 30.3 Å². The molecule has 0 bridgehead atoms. The zero-order valence-corrected chi connectivity index (χ0v) is 22.8. The summed E-state index contributed by atoms with van der Waals surface area (Å²) in [4.78, 5) is 13.4. The van der Waals surface area contributed by atoms with E-state index in [1.54, 1.807) is 31.2 Å². The summed E-state index contributed by atoms with van der Waals surface area (Å²) in [5, 5.41) is 27.5. The molecule has 1 heterocycles. The Bertz CT molecular complexity index is 1490. The van der Waals surface area contributed by atoms with Gasteiger partial charge in [-0.05, 0) is 55.0 Å². The molecule has 222 valence electrons. The number of hydrogen-bond donors (Lipinski definition) is 3. The van der Waals surface area contributed by atoms with E-state index in [1.165, 1.54) is 25.2 Å². The molecule has 0 spiro atoms. The zero-order valence-electron chi connectivity index (χ0n) is 22.8.